The van der Waals surface area contributed by atoms with Crippen molar-refractivity contribution in [3.63, 3.8) is 0 Å². The molecule has 1 atom stereocenters. The van der Waals surface area contributed by atoms with Crippen molar-refractivity contribution in [2.45, 2.75) is 6.92 Å². The van der Waals surface area contributed by atoms with E-state index in [-0.39, 0.29) is 22.5 Å². The minimum atomic E-state index is -0.348. The number of hydrogen-bond donors (Lipinski definition) is 2. The molecule has 0 radical (unpaired) electrons. The summed E-state index contributed by atoms with van der Waals surface area (Å²) in [6.07, 6.45) is 0. The number of nitriles is 1. The molecule has 0 fully saturated rings. The maximum atomic E-state index is 12.1. The zero-order valence-corrected chi connectivity index (χ0v) is 10.9. The largest absolute Gasteiger partial charge is 0.339 e. The smallest absolute Gasteiger partial charge is 0.273 e. The molecule has 0 aliphatic heterocycles. The number of nitrogens with two attached hydrogens (primary N) is 1. The van der Waals surface area contributed by atoms with E-state index in [1.807, 2.05) is 0 Å². The molecular formula is C11H14ClN5O. The molecule has 3 N–H and O–H groups in total. The van der Waals surface area contributed by atoms with Crippen LogP contribution >= 0.6 is 11.6 Å². The maximum absolute atomic E-state index is 12.1. The van der Waals surface area contributed by atoms with Crippen molar-refractivity contribution in [1.82, 2.24) is 9.88 Å². The summed E-state index contributed by atoms with van der Waals surface area (Å²) >= 11 is 5.92. The summed E-state index contributed by atoms with van der Waals surface area (Å²) in [6.45, 7) is 2.05. The first-order valence-electron chi connectivity index (χ1n) is 5.27. The SMILES string of the molecule is CC(C#N)CN(C)C(=O)c1nc(NN)ccc1Cl. The van der Waals surface area contributed by atoms with Gasteiger partial charge in [0.25, 0.3) is 5.91 Å². The predicted octanol–water partition coefficient (Wildman–Crippen LogP) is 1.25. The number of nitrogen functional groups attached to an aromatic ring is 1. The van der Waals surface area contributed by atoms with Crippen molar-refractivity contribution < 1.29 is 4.79 Å². The number of pyridine rings is 1. The van der Waals surface area contributed by atoms with E-state index in [0.29, 0.717) is 12.4 Å². The van der Waals surface area contributed by atoms with Crippen LogP contribution in [0.1, 0.15) is 17.4 Å². The molecule has 1 heterocycles. The summed E-state index contributed by atoms with van der Waals surface area (Å²) in [5.74, 6) is 4.97. The fourth-order valence-electron chi connectivity index (χ4n) is 1.39. The first kappa shape index (κ1) is 14.2. The monoisotopic (exact) mass is 267 g/mol. The molecule has 1 aromatic heterocycles. The van der Waals surface area contributed by atoms with Crippen LogP contribution in [-0.2, 0) is 0 Å². The Labute approximate surface area is 110 Å². The number of nitrogens with zero attached hydrogens (tertiary/aromatic N) is 3. The topological polar surface area (TPSA) is 95.0 Å². The lowest BCUT2D eigenvalue weighted by Gasteiger charge is -2.18. The first-order chi connectivity index (χ1) is 8.49. The fraction of sp³-hybridized carbons (Fsp3) is 0.364. The van der Waals surface area contributed by atoms with Gasteiger partial charge in [-0.25, -0.2) is 10.8 Å². The van der Waals surface area contributed by atoms with E-state index in [1.54, 1.807) is 26.1 Å². The molecule has 0 aliphatic carbocycles. The standard InChI is InChI=1S/C11H14ClN5O/c1-7(5-13)6-17(2)11(18)10-8(12)3-4-9(15-10)16-14/h3-4,7H,6,14H2,1-2H3,(H,15,16). The lowest BCUT2D eigenvalue weighted by Crippen LogP contribution is -2.31. The van der Waals surface area contributed by atoms with E-state index in [4.69, 9.17) is 22.7 Å². The minimum absolute atomic E-state index is 0.111. The average Bonchev–Trinajstić information content (AvgIpc) is 2.38. The first-order valence-corrected chi connectivity index (χ1v) is 5.65. The predicted molar refractivity (Wildman–Crippen MR) is 68.8 cm³/mol. The highest BCUT2D eigenvalue weighted by Gasteiger charge is 2.19. The Kier molecular flexibility index (Phi) is 4.89. The van der Waals surface area contributed by atoms with Crippen LogP contribution in [0.5, 0.6) is 0 Å². The number of amides is 1. The highest BCUT2D eigenvalue weighted by atomic mass is 35.5. The quantitative estimate of drug-likeness (QED) is 0.632. The number of aromatic nitrogens is 1. The second-order valence-corrected chi connectivity index (χ2v) is 4.29. The van der Waals surface area contributed by atoms with E-state index >= 15 is 0 Å². The van der Waals surface area contributed by atoms with Crippen LogP contribution < -0.4 is 11.3 Å². The normalized spacial score (nSPS) is 11.5. The van der Waals surface area contributed by atoms with Gasteiger partial charge in [0, 0.05) is 13.6 Å². The van der Waals surface area contributed by atoms with Crippen molar-refractivity contribution in [3.05, 3.63) is 22.8 Å². The molecule has 0 spiro atoms. The highest BCUT2D eigenvalue weighted by Crippen LogP contribution is 2.18. The number of rotatable bonds is 4. The third kappa shape index (κ3) is 3.32. The van der Waals surface area contributed by atoms with Gasteiger partial charge in [0.1, 0.15) is 11.5 Å². The lowest BCUT2D eigenvalue weighted by atomic mass is 10.2. The lowest BCUT2D eigenvalue weighted by molar-refractivity contribution is 0.0779. The maximum Gasteiger partial charge on any atom is 0.273 e. The molecule has 0 bridgehead atoms. The van der Waals surface area contributed by atoms with E-state index in [9.17, 15) is 4.79 Å². The van der Waals surface area contributed by atoms with Crippen molar-refractivity contribution in [3.8, 4) is 6.07 Å². The molecule has 0 aromatic carbocycles. The molecule has 18 heavy (non-hydrogen) atoms. The van der Waals surface area contributed by atoms with Gasteiger partial charge in [0.05, 0.1) is 17.0 Å². The molecule has 0 aliphatic rings. The summed E-state index contributed by atoms with van der Waals surface area (Å²) in [4.78, 5) is 17.5. The number of nitrogens with one attached hydrogen (secondary N) is 1. The van der Waals surface area contributed by atoms with Gasteiger partial charge < -0.3 is 10.3 Å². The van der Waals surface area contributed by atoms with Gasteiger partial charge in [-0.15, -0.1) is 0 Å². The van der Waals surface area contributed by atoms with Crippen LogP contribution in [0.4, 0.5) is 5.82 Å². The third-order valence-electron chi connectivity index (χ3n) is 2.31. The number of carbonyl (C=O) groups is 1. The Hall–Kier alpha value is -1.84. The van der Waals surface area contributed by atoms with Gasteiger partial charge in [0.2, 0.25) is 0 Å². The van der Waals surface area contributed by atoms with Gasteiger partial charge in [-0.05, 0) is 19.1 Å². The fourth-order valence-corrected chi connectivity index (χ4v) is 1.57. The molecule has 1 aromatic rings. The Morgan fingerprint density at radius 3 is 2.94 bits per heavy atom. The summed E-state index contributed by atoms with van der Waals surface area (Å²) in [5.41, 5.74) is 2.46. The molecule has 6 nitrogen and oxygen atoms in total. The number of anilines is 1. The van der Waals surface area contributed by atoms with E-state index in [2.05, 4.69) is 16.5 Å². The van der Waals surface area contributed by atoms with Gasteiger partial charge in [-0.1, -0.05) is 11.6 Å². The van der Waals surface area contributed by atoms with Crippen LogP contribution in [0.2, 0.25) is 5.02 Å². The second kappa shape index (κ2) is 6.19. The summed E-state index contributed by atoms with van der Waals surface area (Å²) in [5, 5.41) is 8.96. The van der Waals surface area contributed by atoms with Crippen molar-refractivity contribution >= 4 is 23.3 Å². The zero-order chi connectivity index (χ0) is 13.7. The summed E-state index contributed by atoms with van der Waals surface area (Å²) in [7, 11) is 1.59. The van der Waals surface area contributed by atoms with Crippen LogP contribution in [-0.4, -0.2) is 29.4 Å². The summed E-state index contributed by atoms with van der Waals surface area (Å²) in [6, 6.07) is 5.17. The number of halogens is 1. The number of hydrazine groups is 1. The van der Waals surface area contributed by atoms with Crippen LogP contribution in [0.25, 0.3) is 0 Å². The van der Waals surface area contributed by atoms with E-state index in [1.165, 1.54) is 4.90 Å². The van der Waals surface area contributed by atoms with Gasteiger partial charge in [-0.2, -0.15) is 5.26 Å². The van der Waals surface area contributed by atoms with Crippen molar-refractivity contribution in [1.29, 1.82) is 5.26 Å². The van der Waals surface area contributed by atoms with Crippen LogP contribution in [0.15, 0.2) is 12.1 Å². The molecule has 0 saturated carbocycles. The van der Waals surface area contributed by atoms with Crippen molar-refractivity contribution in [2.75, 3.05) is 19.0 Å². The highest BCUT2D eigenvalue weighted by molar-refractivity contribution is 6.33. The molecule has 7 heteroatoms. The van der Waals surface area contributed by atoms with Gasteiger partial charge in [0.15, 0.2) is 0 Å². The third-order valence-corrected chi connectivity index (χ3v) is 2.62. The molecular weight excluding hydrogens is 254 g/mol. The second-order valence-electron chi connectivity index (χ2n) is 3.89. The molecule has 1 unspecified atom stereocenters. The van der Waals surface area contributed by atoms with Crippen LogP contribution in [0, 0.1) is 17.2 Å². The van der Waals surface area contributed by atoms with Crippen LogP contribution in [0.3, 0.4) is 0 Å². The summed E-state index contributed by atoms with van der Waals surface area (Å²) < 4.78 is 0. The number of carbonyl (C=O) groups excluding carboxylic acids is 1. The molecule has 0 saturated heterocycles. The van der Waals surface area contributed by atoms with E-state index in [0.717, 1.165) is 0 Å². The minimum Gasteiger partial charge on any atom is -0.339 e. The molecule has 1 amide bonds. The molecule has 1 rings (SSSR count). The average molecular weight is 268 g/mol. The Morgan fingerprint density at radius 1 is 1.72 bits per heavy atom. The van der Waals surface area contributed by atoms with Gasteiger partial charge in [-0.3, -0.25) is 4.79 Å². The zero-order valence-electron chi connectivity index (χ0n) is 10.1. The molecule has 96 valence electrons. The van der Waals surface area contributed by atoms with Crippen molar-refractivity contribution in [2.24, 2.45) is 11.8 Å². The number of hydrogen-bond acceptors (Lipinski definition) is 5. The Bertz CT molecular complexity index is 485. The Balaban J connectivity index is 2.93. The van der Waals surface area contributed by atoms with Gasteiger partial charge >= 0.3 is 0 Å². The van der Waals surface area contributed by atoms with E-state index < -0.39 is 0 Å². The Morgan fingerprint density at radius 2 is 2.39 bits per heavy atom.